The average molecular weight is 326 g/mol. The van der Waals surface area contributed by atoms with Crippen molar-refractivity contribution in [3.8, 4) is 0 Å². The third-order valence-corrected chi connectivity index (χ3v) is 5.41. The van der Waals surface area contributed by atoms with Crippen LogP contribution in [0.3, 0.4) is 0 Å². The second kappa shape index (κ2) is 6.50. The molecule has 2 heterocycles. The van der Waals surface area contributed by atoms with E-state index in [1.807, 2.05) is 13.8 Å². The van der Waals surface area contributed by atoms with Crippen LogP contribution < -0.4 is 10.0 Å². The summed E-state index contributed by atoms with van der Waals surface area (Å²) < 4.78 is 27.6. The largest absolute Gasteiger partial charge is 0.369 e. The number of thiazole rings is 1. The quantitative estimate of drug-likeness (QED) is 0.851. The van der Waals surface area contributed by atoms with Crippen LogP contribution in [0, 0.1) is 6.92 Å². The van der Waals surface area contributed by atoms with E-state index in [2.05, 4.69) is 20.0 Å². The Bertz CT molecular complexity index is 712. The second-order valence-electron chi connectivity index (χ2n) is 4.53. The molecule has 6 nitrogen and oxygen atoms in total. The van der Waals surface area contributed by atoms with E-state index in [1.54, 1.807) is 25.4 Å². The number of nitrogens with one attached hydrogen (secondary N) is 2. The molecule has 1 unspecified atom stereocenters. The fourth-order valence-corrected chi connectivity index (χ4v) is 4.02. The molecule has 8 heteroatoms. The summed E-state index contributed by atoms with van der Waals surface area (Å²) >= 11 is 1.48. The smallest absolute Gasteiger partial charge is 0.244 e. The first-order valence-corrected chi connectivity index (χ1v) is 8.87. The Morgan fingerprint density at radius 3 is 2.76 bits per heavy atom. The zero-order valence-electron chi connectivity index (χ0n) is 12.1. The summed E-state index contributed by atoms with van der Waals surface area (Å²) in [6.07, 6.45) is 3.30. The SMILES string of the molecule is CCNc1ncccc1S(=O)(=O)NC(C)c1ncc(C)s1. The van der Waals surface area contributed by atoms with E-state index < -0.39 is 10.0 Å². The van der Waals surface area contributed by atoms with Gasteiger partial charge in [-0.3, -0.25) is 0 Å². The summed E-state index contributed by atoms with van der Waals surface area (Å²) in [5.41, 5.74) is 0. The molecule has 2 rings (SSSR count). The molecule has 2 aromatic heterocycles. The van der Waals surface area contributed by atoms with Crippen LogP contribution in [0.25, 0.3) is 0 Å². The fourth-order valence-electron chi connectivity index (χ4n) is 1.83. The van der Waals surface area contributed by atoms with E-state index in [0.29, 0.717) is 12.4 Å². The molecule has 0 aromatic carbocycles. The minimum absolute atomic E-state index is 0.145. The lowest BCUT2D eigenvalue weighted by atomic mass is 10.4. The Morgan fingerprint density at radius 2 is 2.14 bits per heavy atom. The molecule has 0 bridgehead atoms. The van der Waals surface area contributed by atoms with E-state index in [9.17, 15) is 8.42 Å². The first-order chi connectivity index (χ1) is 9.94. The van der Waals surface area contributed by atoms with Crippen molar-refractivity contribution < 1.29 is 8.42 Å². The molecule has 0 saturated heterocycles. The third-order valence-electron chi connectivity index (χ3n) is 2.75. The van der Waals surface area contributed by atoms with Gasteiger partial charge in [-0.2, -0.15) is 0 Å². The van der Waals surface area contributed by atoms with Gasteiger partial charge in [-0.1, -0.05) is 0 Å². The van der Waals surface area contributed by atoms with Gasteiger partial charge in [-0.15, -0.1) is 11.3 Å². The minimum atomic E-state index is -3.66. The molecule has 0 amide bonds. The summed E-state index contributed by atoms with van der Waals surface area (Å²) in [6.45, 7) is 6.20. The lowest BCUT2D eigenvalue weighted by Gasteiger charge is -2.14. The summed E-state index contributed by atoms with van der Waals surface area (Å²) in [6, 6.07) is 2.75. The molecular weight excluding hydrogens is 308 g/mol. The van der Waals surface area contributed by atoms with Crippen molar-refractivity contribution in [3.63, 3.8) is 0 Å². The maximum absolute atomic E-state index is 12.5. The summed E-state index contributed by atoms with van der Waals surface area (Å²) in [7, 11) is -3.66. The predicted molar refractivity (Wildman–Crippen MR) is 84.0 cm³/mol. The first kappa shape index (κ1) is 15.9. The fraction of sp³-hybridized carbons (Fsp3) is 0.385. The highest BCUT2D eigenvalue weighted by Crippen LogP contribution is 2.23. The highest BCUT2D eigenvalue weighted by atomic mass is 32.2. The topological polar surface area (TPSA) is 84.0 Å². The van der Waals surface area contributed by atoms with E-state index in [0.717, 1.165) is 9.88 Å². The van der Waals surface area contributed by atoms with E-state index in [4.69, 9.17) is 0 Å². The molecule has 114 valence electrons. The Hall–Kier alpha value is -1.51. The Labute approximate surface area is 128 Å². The molecule has 2 aromatic rings. The molecule has 0 saturated carbocycles. The van der Waals surface area contributed by atoms with Gasteiger partial charge in [0.25, 0.3) is 0 Å². The predicted octanol–water partition coefficient (Wildman–Crippen LogP) is 2.32. The number of aromatic nitrogens is 2. The molecule has 0 aliphatic rings. The monoisotopic (exact) mass is 326 g/mol. The number of sulfonamides is 1. The average Bonchev–Trinajstić information content (AvgIpc) is 2.86. The molecular formula is C13H18N4O2S2. The van der Waals surface area contributed by atoms with Gasteiger partial charge in [0, 0.05) is 23.8 Å². The highest BCUT2D eigenvalue weighted by molar-refractivity contribution is 7.89. The number of hydrogen-bond donors (Lipinski definition) is 2. The molecule has 2 N–H and O–H groups in total. The van der Waals surface area contributed by atoms with Crippen molar-refractivity contribution in [2.24, 2.45) is 0 Å². The molecule has 1 atom stereocenters. The molecule has 0 radical (unpaired) electrons. The van der Waals surface area contributed by atoms with E-state index in [-0.39, 0.29) is 10.9 Å². The first-order valence-electron chi connectivity index (χ1n) is 6.57. The lowest BCUT2D eigenvalue weighted by molar-refractivity contribution is 0.566. The van der Waals surface area contributed by atoms with Gasteiger partial charge < -0.3 is 5.32 Å². The number of anilines is 1. The van der Waals surface area contributed by atoms with Gasteiger partial charge in [0.2, 0.25) is 10.0 Å². The number of rotatable bonds is 6. The lowest BCUT2D eigenvalue weighted by Crippen LogP contribution is -2.27. The molecule has 0 spiro atoms. The van der Waals surface area contributed by atoms with Crippen LogP contribution in [0.4, 0.5) is 5.82 Å². The van der Waals surface area contributed by atoms with Crippen molar-refractivity contribution in [3.05, 3.63) is 34.4 Å². The maximum Gasteiger partial charge on any atom is 0.244 e. The van der Waals surface area contributed by atoms with Crippen LogP contribution in [0.15, 0.2) is 29.4 Å². The number of nitrogens with zero attached hydrogens (tertiary/aromatic N) is 2. The van der Waals surface area contributed by atoms with Crippen LogP contribution in [-0.2, 0) is 10.0 Å². The number of pyridine rings is 1. The zero-order chi connectivity index (χ0) is 15.5. The zero-order valence-corrected chi connectivity index (χ0v) is 13.8. The highest BCUT2D eigenvalue weighted by Gasteiger charge is 2.23. The molecule has 0 aliphatic heterocycles. The van der Waals surface area contributed by atoms with Gasteiger partial charge in [-0.05, 0) is 32.9 Å². The van der Waals surface area contributed by atoms with Crippen LogP contribution in [0.2, 0.25) is 0 Å². The maximum atomic E-state index is 12.5. The van der Waals surface area contributed by atoms with Crippen LogP contribution in [0.5, 0.6) is 0 Å². The van der Waals surface area contributed by atoms with E-state index >= 15 is 0 Å². The van der Waals surface area contributed by atoms with Crippen LogP contribution >= 0.6 is 11.3 Å². The second-order valence-corrected chi connectivity index (χ2v) is 7.48. The molecule has 21 heavy (non-hydrogen) atoms. The van der Waals surface area contributed by atoms with Crippen LogP contribution in [0.1, 0.15) is 29.8 Å². The van der Waals surface area contributed by atoms with Crippen molar-refractivity contribution in [1.82, 2.24) is 14.7 Å². The van der Waals surface area contributed by atoms with E-state index in [1.165, 1.54) is 17.4 Å². The Kier molecular flexibility index (Phi) is 4.92. The normalized spacial score (nSPS) is 13.1. The Morgan fingerprint density at radius 1 is 1.38 bits per heavy atom. The van der Waals surface area contributed by atoms with Crippen molar-refractivity contribution in [2.75, 3.05) is 11.9 Å². The van der Waals surface area contributed by atoms with Crippen molar-refractivity contribution in [2.45, 2.75) is 31.7 Å². The summed E-state index contributed by atoms with van der Waals surface area (Å²) in [5, 5.41) is 3.70. The third kappa shape index (κ3) is 3.78. The van der Waals surface area contributed by atoms with Gasteiger partial charge in [-0.25, -0.2) is 23.1 Å². The van der Waals surface area contributed by atoms with Gasteiger partial charge in [0.15, 0.2) is 0 Å². The molecule has 0 fully saturated rings. The van der Waals surface area contributed by atoms with Crippen LogP contribution in [-0.4, -0.2) is 24.9 Å². The van der Waals surface area contributed by atoms with Gasteiger partial charge >= 0.3 is 0 Å². The van der Waals surface area contributed by atoms with Crippen molar-refractivity contribution in [1.29, 1.82) is 0 Å². The summed E-state index contributed by atoms with van der Waals surface area (Å²) in [5.74, 6) is 0.356. The van der Waals surface area contributed by atoms with Gasteiger partial charge in [0.1, 0.15) is 15.7 Å². The van der Waals surface area contributed by atoms with Crippen molar-refractivity contribution >= 4 is 27.2 Å². The number of aryl methyl sites for hydroxylation is 1. The number of hydrogen-bond acceptors (Lipinski definition) is 6. The standard InChI is InChI=1S/C13H18N4O2S2/c1-4-14-12-11(6-5-7-15-12)21(18,19)17-10(3)13-16-8-9(2)20-13/h5-8,10,17H,4H2,1-3H3,(H,14,15). The Balaban J connectivity index is 2.26. The summed E-state index contributed by atoms with van der Waals surface area (Å²) in [4.78, 5) is 9.48. The minimum Gasteiger partial charge on any atom is -0.369 e. The molecule has 0 aliphatic carbocycles. The van der Waals surface area contributed by atoms with Gasteiger partial charge in [0.05, 0.1) is 6.04 Å².